The van der Waals surface area contributed by atoms with Crippen molar-refractivity contribution in [3.63, 3.8) is 0 Å². The Balaban J connectivity index is 3.13. The van der Waals surface area contributed by atoms with Crippen molar-refractivity contribution in [1.82, 2.24) is 0 Å². The highest BCUT2D eigenvalue weighted by Gasteiger charge is 1.79. The molecule has 0 bridgehead atoms. The van der Waals surface area contributed by atoms with Crippen LogP contribution in [-0.2, 0) is 12.6 Å². The molecule has 0 amide bonds. The minimum atomic E-state index is 0.183. The summed E-state index contributed by atoms with van der Waals surface area (Å²) in [6, 6.07) is 6.79. The lowest BCUT2D eigenvalue weighted by molar-refractivity contribution is 0.462. The van der Waals surface area contributed by atoms with Crippen LogP contribution in [0.5, 0.6) is 5.75 Å². The number of aromatic hydroxyl groups is 1. The predicted molar refractivity (Wildman–Crippen MR) is 33.7 cm³/mol. The van der Waals surface area contributed by atoms with Crippen molar-refractivity contribution < 1.29 is 5.11 Å². The Kier molecular flexibility index (Phi) is 1.35. The van der Waals surface area contributed by atoms with Gasteiger partial charge in [0.15, 0.2) is 0 Å². The van der Waals surface area contributed by atoms with Gasteiger partial charge in [-0.2, -0.15) is 0 Å². The van der Waals surface area contributed by atoms with Gasteiger partial charge < -0.3 is 17.7 Å². The van der Waals surface area contributed by atoms with E-state index in [0.29, 0.717) is 4.90 Å². The van der Waals surface area contributed by atoms with Crippen molar-refractivity contribution in [2.75, 3.05) is 0 Å². The monoisotopic (exact) mass is 125 g/mol. The van der Waals surface area contributed by atoms with Crippen molar-refractivity contribution in [3.8, 4) is 5.75 Å². The molecule has 0 heterocycles. The summed E-state index contributed by atoms with van der Waals surface area (Å²) in [5, 5.41) is 8.82. The minimum absolute atomic E-state index is 0.183. The Morgan fingerprint density at radius 1 is 1.25 bits per heavy atom. The van der Waals surface area contributed by atoms with Gasteiger partial charge >= 0.3 is 0 Å². The SMILES string of the molecule is Oc1ccccc1[S-]. The summed E-state index contributed by atoms with van der Waals surface area (Å²) >= 11 is 4.70. The fraction of sp³-hybridized carbons (Fsp3) is 0. The van der Waals surface area contributed by atoms with Crippen molar-refractivity contribution in [1.29, 1.82) is 0 Å². The second kappa shape index (κ2) is 2.01. The first-order valence-electron chi connectivity index (χ1n) is 2.26. The summed E-state index contributed by atoms with van der Waals surface area (Å²) in [6.45, 7) is 0. The maximum Gasteiger partial charge on any atom is 0.0960 e. The lowest BCUT2D eigenvalue weighted by atomic mass is 10.3. The van der Waals surface area contributed by atoms with E-state index >= 15 is 0 Å². The van der Waals surface area contributed by atoms with Gasteiger partial charge in [-0.15, -0.1) is 4.90 Å². The van der Waals surface area contributed by atoms with E-state index in [2.05, 4.69) is 0 Å². The van der Waals surface area contributed by atoms with Crippen LogP contribution in [0.1, 0.15) is 0 Å². The second-order valence-electron chi connectivity index (χ2n) is 1.47. The van der Waals surface area contributed by atoms with E-state index < -0.39 is 0 Å². The Morgan fingerprint density at radius 2 is 1.88 bits per heavy atom. The highest BCUT2D eigenvalue weighted by molar-refractivity contribution is 7.58. The maximum atomic E-state index is 8.82. The molecule has 0 radical (unpaired) electrons. The first-order valence-corrected chi connectivity index (χ1v) is 2.66. The average Bonchev–Trinajstić information content (AvgIpc) is 1.77. The molecule has 1 N–H and O–H groups in total. The van der Waals surface area contributed by atoms with Gasteiger partial charge in [0.1, 0.15) is 0 Å². The molecule has 0 saturated heterocycles. The molecule has 0 atom stereocenters. The van der Waals surface area contributed by atoms with Crippen LogP contribution in [0.15, 0.2) is 29.2 Å². The minimum Gasteiger partial charge on any atom is -0.776 e. The van der Waals surface area contributed by atoms with E-state index in [4.69, 9.17) is 17.7 Å². The number of para-hydroxylation sites is 1. The van der Waals surface area contributed by atoms with Gasteiger partial charge in [-0.25, -0.2) is 0 Å². The van der Waals surface area contributed by atoms with Gasteiger partial charge in [-0.1, -0.05) is 18.2 Å². The molecule has 0 spiro atoms. The maximum absolute atomic E-state index is 8.82. The standard InChI is InChI=1S/C6H6OS/c7-5-3-1-2-4-6(5)8/h1-4,7-8H/p-1. The summed E-state index contributed by atoms with van der Waals surface area (Å²) in [5.74, 6) is 0.183. The van der Waals surface area contributed by atoms with Crippen LogP contribution in [0.2, 0.25) is 0 Å². The van der Waals surface area contributed by atoms with Gasteiger partial charge in [-0.3, -0.25) is 0 Å². The van der Waals surface area contributed by atoms with E-state index in [-0.39, 0.29) is 5.75 Å². The molecule has 1 nitrogen and oxygen atoms in total. The first-order chi connectivity index (χ1) is 3.80. The third-order valence-corrected chi connectivity index (χ3v) is 1.21. The Bertz CT molecular complexity index is 165. The van der Waals surface area contributed by atoms with E-state index in [1.54, 1.807) is 24.3 Å². The van der Waals surface area contributed by atoms with Crippen LogP contribution in [0.3, 0.4) is 0 Å². The molecule has 0 saturated carbocycles. The largest absolute Gasteiger partial charge is 0.776 e. The molecule has 2 heteroatoms. The molecule has 8 heavy (non-hydrogen) atoms. The fourth-order valence-electron chi connectivity index (χ4n) is 0.457. The highest BCUT2D eigenvalue weighted by atomic mass is 32.1. The lowest BCUT2D eigenvalue weighted by Crippen LogP contribution is -1.68. The van der Waals surface area contributed by atoms with Gasteiger partial charge in [0.05, 0.1) is 5.75 Å². The molecule has 42 valence electrons. The topological polar surface area (TPSA) is 20.2 Å². The number of hydrogen-bond acceptors (Lipinski definition) is 2. The summed E-state index contributed by atoms with van der Waals surface area (Å²) in [4.78, 5) is 0.507. The van der Waals surface area contributed by atoms with Crippen molar-refractivity contribution >= 4 is 12.6 Å². The van der Waals surface area contributed by atoms with Gasteiger partial charge in [0.2, 0.25) is 0 Å². The molecule has 0 aliphatic rings. The molecule has 0 fully saturated rings. The molecule has 0 aromatic heterocycles. The zero-order valence-corrected chi connectivity index (χ0v) is 4.98. The van der Waals surface area contributed by atoms with Gasteiger partial charge in [0.25, 0.3) is 0 Å². The molecule has 1 rings (SSSR count). The molecule has 0 aliphatic carbocycles. The summed E-state index contributed by atoms with van der Waals surface area (Å²) in [6.07, 6.45) is 0. The number of benzene rings is 1. The van der Waals surface area contributed by atoms with Crippen LogP contribution in [-0.4, -0.2) is 5.11 Å². The summed E-state index contributed by atoms with van der Waals surface area (Å²) in [7, 11) is 0. The van der Waals surface area contributed by atoms with Crippen molar-refractivity contribution in [2.45, 2.75) is 4.90 Å². The molecular weight excluding hydrogens is 120 g/mol. The van der Waals surface area contributed by atoms with Gasteiger partial charge in [-0.05, 0) is 6.07 Å². The Labute approximate surface area is 53.4 Å². The van der Waals surface area contributed by atoms with E-state index in [9.17, 15) is 0 Å². The Morgan fingerprint density at radius 3 is 2.25 bits per heavy atom. The fourth-order valence-corrected chi connectivity index (χ4v) is 0.604. The van der Waals surface area contributed by atoms with Crippen molar-refractivity contribution in [3.05, 3.63) is 24.3 Å². The molecular formula is C6H5OS-. The summed E-state index contributed by atoms with van der Waals surface area (Å²) in [5.41, 5.74) is 0. The van der Waals surface area contributed by atoms with E-state index in [0.717, 1.165) is 0 Å². The average molecular weight is 125 g/mol. The molecule has 1 aromatic rings. The first kappa shape index (κ1) is 5.38. The van der Waals surface area contributed by atoms with Crippen LogP contribution in [0.25, 0.3) is 0 Å². The van der Waals surface area contributed by atoms with Crippen LogP contribution in [0.4, 0.5) is 0 Å². The molecule has 0 aliphatic heterocycles. The van der Waals surface area contributed by atoms with E-state index in [1.807, 2.05) is 0 Å². The van der Waals surface area contributed by atoms with Gasteiger partial charge in [0, 0.05) is 0 Å². The third kappa shape index (κ3) is 0.898. The second-order valence-corrected chi connectivity index (χ2v) is 1.91. The van der Waals surface area contributed by atoms with Crippen LogP contribution < -0.4 is 0 Å². The molecule has 0 unspecified atom stereocenters. The van der Waals surface area contributed by atoms with Crippen LogP contribution in [0, 0.1) is 0 Å². The smallest absolute Gasteiger partial charge is 0.0960 e. The normalized spacial score (nSPS) is 9.00. The lowest BCUT2D eigenvalue weighted by Gasteiger charge is -2.04. The zero-order chi connectivity index (χ0) is 5.98. The number of rotatable bonds is 0. The van der Waals surface area contributed by atoms with Crippen molar-refractivity contribution in [2.24, 2.45) is 0 Å². The summed E-state index contributed by atoms with van der Waals surface area (Å²) < 4.78 is 0. The number of hydrogen-bond donors (Lipinski definition) is 1. The molecule has 1 aromatic carbocycles. The highest BCUT2D eigenvalue weighted by Crippen LogP contribution is 2.12. The number of phenols is 1. The number of phenolic OH excluding ortho intramolecular Hbond substituents is 1. The quantitative estimate of drug-likeness (QED) is 0.527. The Hall–Kier alpha value is -0.760. The predicted octanol–water partition coefficient (Wildman–Crippen LogP) is 1.30. The zero-order valence-electron chi connectivity index (χ0n) is 4.16. The van der Waals surface area contributed by atoms with E-state index in [1.165, 1.54) is 0 Å². The third-order valence-electron chi connectivity index (χ3n) is 0.865. The van der Waals surface area contributed by atoms with Crippen LogP contribution >= 0.6 is 0 Å².